The second-order valence-electron chi connectivity index (χ2n) is 4.24. The van der Waals surface area contributed by atoms with Gasteiger partial charge in [-0.2, -0.15) is 13.2 Å². The van der Waals surface area contributed by atoms with Crippen molar-refractivity contribution in [3.8, 4) is 0 Å². The number of nitrogens with two attached hydrogens (primary N) is 1. The predicted octanol–water partition coefficient (Wildman–Crippen LogP) is 3.11. The molecule has 0 radical (unpaired) electrons. The SMILES string of the molecule is Cc1cc(Br)c(F)cc1NC(=O)C(C)(N)C(F)(F)F. The molecule has 1 aromatic rings. The number of benzene rings is 1. The third-order valence-electron chi connectivity index (χ3n) is 2.58. The number of carbonyl (C=O) groups excluding carboxylic acids is 1. The number of nitrogens with one attached hydrogen (secondary N) is 1. The molecular formula is C11H11BrF4N2O. The Bertz CT molecular complexity index is 514. The minimum Gasteiger partial charge on any atom is -0.324 e. The highest BCUT2D eigenvalue weighted by Gasteiger charge is 2.54. The zero-order valence-corrected chi connectivity index (χ0v) is 11.6. The molecule has 8 heteroatoms. The summed E-state index contributed by atoms with van der Waals surface area (Å²) >= 11 is 2.93. The average molecular weight is 343 g/mol. The maximum absolute atomic E-state index is 13.3. The van der Waals surface area contributed by atoms with Crippen LogP contribution in [0.4, 0.5) is 23.2 Å². The molecule has 0 spiro atoms. The molecule has 3 N–H and O–H groups in total. The van der Waals surface area contributed by atoms with Crippen molar-refractivity contribution in [2.24, 2.45) is 5.73 Å². The van der Waals surface area contributed by atoms with Crippen molar-refractivity contribution in [2.75, 3.05) is 5.32 Å². The van der Waals surface area contributed by atoms with Crippen molar-refractivity contribution in [1.29, 1.82) is 0 Å². The van der Waals surface area contributed by atoms with Gasteiger partial charge in [-0.25, -0.2) is 4.39 Å². The summed E-state index contributed by atoms with van der Waals surface area (Å²) in [7, 11) is 0. The van der Waals surface area contributed by atoms with Gasteiger partial charge in [0.05, 0.1) is 4.47 Å². The third-order valence-corrected chi connectivity index (χ3v) is 3.18. The van der Waals surface area contributed by atoms with E-state index in [9.17, 15) is 22.4 Å². The first-order chi connectivity index (χ1) is 8.46. The Morgan fingerprint density at radius 2 is 1.89 bits per heavy atom. The van der Waals surface area contributed by atoms with Gasteiger partial charge in [-0.1, -0.05) is 0 Å². The Morgan fingerprint density at radius 1 is 1.37 bits per heavy atom. The van der Waals surface area contributed by atoms with Crippen LogP contribution in [0.1, 0.15) is 12.5 Å². The van der Waals surface area contributed by atoms with Crippen molar-refractivity contribution < 1.29 is 22.4 Å². The molecule has 0 saturated heterocycles. The monoisotopic (exact) mass is 342 g/mol. The first-order valence-electron chi connectivity index (χ1n) is 5.09. The second-order valence-corrected chi connectivity index (χ2v) is 5.09. The summed E-state index contributed by atoms with van der Waals surface area (Å²) in [5, 5.41) is 1.98. The van der Waals surface area contributed by atoms with Gasteiger partial charge in [0.2, 0.25) is 0 Å². The number of rotatable bonds is 2. The molecule has 0 bridgehead atoms. The molecule has 0 aliphatic heterocycles. The lowest BCUT2D eigenvalue weighted by atomic mass is 10.0. The fourth-order valence-corrected chi connectivity index (χ4v) is 1.62. The molecule has 0 aliphatic rings. The molecule has 106 valence electrons. The van der Waals surface area contributed by atoms with Crippen LogP contribution in [0.25, 0.3) is 0 Å². The number of halogens is 5. The van der Waals surface area contributed by atoms with E-state index in [0.29, 0.717) is 12.5 Å². The predicted molar refractivity (Wildman–Crippen MR) is 66.1 cm³/mol. The van der Waals surface area contributed by atoms with Gasteiger partial charge in [0.15, 0.2) is 5.54 Å². The minimum absolute atomic E-state index is 0.0633. The van der Waals surface area contributed by atoms with Crippen LogP contribution in [0.15, 0.2) is 16.6 Å². The van der Waals surface area contributed by atoms with Crippen LogP contribution in [0.5, 0.6) is 0 Å². The summed E-state index contributed by atoms with van der Waals surface area (Å²) < 4.78 is 51.1. The molecule has 1 unspecified atom stereocenters. The van der Waals surface area contributed by atoms with Gasteiger partial charge in [-0.3, -0.25) is 4.79 Å². The first kappa shape index (κ1) is 15.9. The zero-order valence-electron chi connectivity index (χ0n) is 10.0. The molecule has 0 saturated carbocycles. The average Bonchev–Trinajstić information content (AvgIpc) is 2.24. The number of carbonyl (C=O) groups is 1. The van der Waals surface area contributed by atoms with E-state index in [4.69, 9.17) is 5.73 Å². The molecule has 1 rings (SSSR count). The summed E-state index contributed by atoms with van der Waals surface area (Å²) in [6.07, 6.45) is -4.90. The van der Waals surface area contributed by atoms with Crippen LogP contribution in [-0.4, -0.2) is 17.6 Å². The standard InChI is InChI=1S/C11H11BrF4N2O/c1-5-3-6(12)7(13)4-8(5)18-9(19)10(2,17)11(14,15)16/h3-4H,17H2,1-2H3,(H,18,19). The molecule has 1 amide bonds. The maximum atomic E-state index is 13.3. The first-order valence-corrected chi connectivity index (χ1v) is 5.89. The highest BCUT2D eigenvalue weighted by molar-refractivity contribution is 9.10. The van der Waals surface area contributed by atoms with E-state index in [1.165, 1.54) is 13.0 Å². The largest absolute Gasteiger partial charge is 0.415 e. The Kier molecular flexibility index (Phi) is 4.26. The number of alkyl halides is 3. The Labute approximate surface area is 115 Å². The normalized spacial score (nSPS) is 14.9. The van der Waals surface area contributed by atoms with E-state index >= 15 is 0 Å². The number of aryl methyl sites for hydroxylation is 1. The molecule has 0 heterocycles. The molecule has 1 atom stereocenters. The van der Waals surface area contributed by atoms with Gasteiger partial charge in [0, 0.05) is 5.69 Å². The van der Waals surface area contributed by atoms with Crippen molar-refractivity contribution >= 4 is 27.5 Å². The van der Waals surface area contributed by atoms with E-state index in [1.54, 1.807) is 0 Å². The van der Waals surface area contributed by atoms with Gasteiger partial charge < -0.3 is 11.1 Å². The molecule has 1 aromatic carbocycles. The van der Waals surface area contributed by atoms with E-state index in [2.05, 4.69) is 15.9 Å². The highest BCUT2D eigenvalue weighted by atomic mass is 79.9. The number of amides is 1. The Balaban J connectivity index is 3.05. The minimum atomic E-state index is -4.90. The van der Waals surface area contributed by atoms with Crippen molar-refractivity contribution in [3.63, 3.8) is 0 Å². The van der Waals surface area contributed by atoms with Crippen LogP contribution in [0.2, 0.25) is 0 Å². The smallest absolute Gasteiger partial charge is 0.324 e. The van der Waals surface area contributed by atoms with Crippen LogP contribution < -0.4 is 11.1 Å². The van der Waals surface area contributed by atoms with E-state index < -0.39 is 23.4 Å². The zero-order chi connectivity index (χ0) is 15.0. The summed E-state index contributed by atoms with van der Waals surface area (Å²) in [5.41, 5.74) is 2.25. The van der Waals surface area contributed by atoms with Crippen molar-refractivity contribution in [1.82, 2.24) is 0 Å². The van der Waals surface area contributed by atoms with E-state index in [-0.39, 0.29) is 10.2 Å². The van der Waals surface area contributed by atoms with Gasteiger partial charge in [-0.05, 0) is 47.5 Å². The van der Waals surface area contributed by atoms with Crippen molar-refractivity contribution in [2.45, 2.75) is 25.6 Å². The van der Waals surface area contributed by atoms with Crippen molar-refractivity contribution in [3.05, 3.63) is 28.0 Å². The summed E-state index contributed by atoms with van der Waals surface area (Å²) in [4.78, 5) is 11.5. The molecule has 0 fully saturated rings. The molecule has 19 heavy (non-hydrogen) atoms. The van der Waals surface area contributed by atoms with Gasteiger partial charge in [0.1, 0.15) is 5.82 Å². The molecule has 0 aliphatic carbocycles. The number of hydrogen-bond acceptors (Lipinski definition) is 2. The van der Waals surface area contributed by atoms with E-state index in [0.717, 1.165) is 6.07 Å². The second kappa shape index (κ2) is 5.09. The van der Waals surface area contributed by atoms with Crippen LogP contribution in [0.3, 0.4) is 0 Å². The summed E-state index contributed by atoms with van der Waals surface area (Å²) in [6.45, 7) is 2.06. The molecule has 3 nitrogen and oxygen atoms in total. The molecule has 0 aromatic heterocycles. The lowest BCUT2D eigenvalue weighted by molar-refractivity contribution is -0.184. The summed E-state index contributed by atoms with van der Waals surface area (Å²) in [5.74, 6) is -2.16. The fourth-order valence-electron chi connectivity index (χ4n) is 1.16. The Morgan fingerprint density at radius 3 is 2.37 bits per heavy atom. The highest BCUT2D eigenvalue weighted by Crippen LogP contribution is 2.30. The lowest BCUT2D eigenvalue weighted by Gasteiger charge is -2.26. The summed E-state index contributed by atoms with van der Waals surface area (Å²) in [6, 6.07) is 2.26. The molecular weight excluding hydrogens is 332 g/mol. The topological polar surface area (TPSA) is 55.1 Å². The lowest BCUT2D eigenvalue weighted by Crippen LogP contribution is -2.59. The van der Waals surface area contributed by atoms with E-state index in [1.807, 2.05) is 5.32 Å². The van der Waals surface area contributed by atoms with Gasteiger partial charge in [-0.15, -0.1) is 0 Å². The Hall–Kier alpha value is -1.15. The van der Waals surface area contributed by atoms with Crippen LogP contribution in [0, 0.1) is 12.7 Å². The number of anilines is 1. The third kappa shape index (κ3) is 3.24. The van der Waals surface area contributed by atoms with Crippen LogP contribution >= 0.6 is 15.9 Å². The quantitative estimate of drug-likeness (QED) is 0.811. The number of hydrogen-bond donors (Lipinski definition) is 2. The van der Waals surface area contributed by atoms with Crippen LogP contribution in [-0.2, 0) is 4.79 Å². The van der Waals surface area contributed by atoms with Gasteiger partial charge >= 0.3 is 6.18 Å². The fraction of sp³-hybridized carbons (Fsp3) is 0.364. The maximum Gasteiger partial charge on any atom is 0.415 e. The van der Waals surface area contributed by atoms with Gasteiger partial charge in [0.25, 0.3) is 5.91 Å².